The Kier molecular flexibility index (Phi) is 3.54. The second-order valence-electron chi connectivity index (χ2n) is 5.92. The summed E-state index contributed by atoms with van der Waals surface area (Å²) < 4.78 is 0. The molecule has 0 spiro atoms. The van der Waals surface area contributed by atoms with E-state index in [4.69, 9.17) is 5.11 Å². The van der Waals surface area contributed by atoms with Crippen LogP contribution in [0.3, 0.4) is 0 Å². The van der Waals surface area contributed by atoms with Gasteiger partial charge in [0, 0.05) is 4.88 Å². The second-order valence-corrected chi connectivity index (χ2v) is 7.06. The van der Waals surface area contributed by atoms with Crippen molar-refractivity contribution in [1.82, 2.24) is 5.32 Å². The largest absolute Gasteiger partial charge is 0.481 e. The number of thiophene rings is 1. The number of aliphatic carboxylic acids is 1. The third kappa shape index (κ3) is 2.59. The van der Waals surface area contributed by atoms with Crippen molar-refractivity contribution in [2.24, 2.45) is 0 Å². The zero-order valence-corrected chi connectivity index (χ0v) is 12.2. The topological polar surface area (TPSA) is 66.4 Å². The number of carbonyl (C=O) groups excluding carboxylic acids is 1. The van der Waals surface area contributed by atoms with Crippen LogP contribution in [-0.4, -0.2) is 22.5 Å². The minimum absolute atomic E-state index is 0.0316. The summed E-state index contributed by atoms with van der Waals surface area (Å²) in [6.07, 6.45) is 6.90. The molecule has 1 aromatic heterocycles. The van der Waals surface area contributed by atoms with Crippen molar-refractivity contribution in [2.45, 2.75) is 56.9 Å². The lowest BCUT2D eigenvalue weighted by Gasteiger charge is -2.28. The third-order valence-corrected chi connectivity index (χ3v) is 5.64. The Hall–Kier alpha value is -1.36. The quantitative estimate of drug-likeness (QED) is 0.897. The van der Waals surface area contributed by atoms with Gasteiger partial charge < -0.3 is 10.4 Å². The summed E-state index contributed by atoms with van der Waals surface area (Å²) in [6, 6.07) is 1.99. The number of carboxylic acids is 1. The lowest BCUT2D eigenvalue weighted by molar-refractivity contribution is -0.138. The van der Waals surface area contributed by atoms with Crippen molar-refractivity contribution < 1.29 is 14.7 Å². The third-order valence-electron chi connectivity index (χ3n) is 4.40. The van der Waals surface area contributed by atoms with Crippen LogP contribution in [0.25, 0.3) is 0 Å². The van der Waals surface area contributed by atoms with Crippen molar-refractivity contribution in [1.29, 1.82) is 0 Å². The average molecular weight is 293 g/mol. The molecule has 0 aliphatic heterocycles. The van der Waals surface area contributed by atoms with Crippen LogP contribution in [0.15, 0.2) is 6.07 Å². The molecule has 2 aliphatic rings. The van der Waals surface area contributed by atoms with Gasteiger partial charge in [0.05, 0.1) is 16.8 Å². The first-order valence-corrected chi connectivity index (χ1v) is 8.06. The maximum Gasteiger partial charge on any atom is 0.305 e. The van der Waals surface area contributed by atoms with Crippen molar-refractivity contribution in [2.75, 3.05) is 0 Å². The summed E-state index contributed by atoms with van der Waals surface area (Å²) >= 11 is 1.57. The number of rotatable bonds is 4. The lowest BCUT2D eigenvalue weighted by atomic mass is 9.93. The average Bonchev–Trinajstić information content (AvgIpc) is 3.01. The number of nitrogens with one attached hydrogen (secondary N) is 1. The zero-order valence-electron chi connectivity index (χ0n) is 11.4. The summed E-state index contributed by atoms with van der Waals surface area (Å²) in [5.74, 6) is -0.923. The van der Waals surface area contributed by atoms with E-state index in [-0.39, 0.29) is 12.3 Å². The molecular formula is C15H19NO3S. The molecule has 1 fully saturated rings. The molecule has 1 heterocycles. The molecule has 1 amide bonds. The molecular weight excluding hydrogens is 274 g/mol. The summed E-state index contributed by atoms with van der Waals surface area (Å²) in [5, 5.41) is 12.1. The first-order chi connectivity index (χ1) is 9.58. The first kappa shape index (κ1) is 13.6. The van der Waals surface area contributed by atoms with Crippen LogP contribution in [-0.2, 0) is 17.6 Å². The molecule has 1 saturated carbocycles. The monoisotopic (exact) mass is 293 g/mol. The van der Waals surface area contributed by atoms with E-state index in [1.807, 2.05) is 6.07 Å². The minimum atomic E-state index is -0.833. The van der Waals surface area contributed by atoms with Crippen LogP contribution in [0, 0.1) is 0 Å². The lowest BCUT2D eigenvalue weighted by Crippen LogP contribution is -2.47. The maximum absolute atomic E-state index is 12.4. The van der Waals surface area contributed by atoms with Crippen molar-refractivity contribution in [3.63, 3.8) is 0 Å². The molecule has 2 aliphatic carbocycles. The SMILES string of the molecule is O=C(O)CC1(NC(=O)c2cc3c(s2)CCC3)CCCC1. The van der Waals surface area contributed by atoms with E-state index in [1.165, 1.54) is 16.9 Å². The van der Waals surface area contributed by atoms with Gasteiger partial charge in [-0.3, -0.25) is 9.59 Å². The summed E-state index contributed by atoms with van der Waals surface area (Å²) in [7, 11) is 0. The van der Waals surface area contributed by atoms with Crippen LogP contribution in [0.1, 0.15) is 58.6 Å². The fraction of sp³-hybridized carbons (Fsp3) is 0.600. The fourth-order valence-corrected chi connectivity index (χ4v) is 4.58. The molecule has 2 N–H and O–H groups in total. The Morgan fingerprint density at radius 2 is 2.00 bits per heavy atom. The van der Waals surface area contributed by atoms with Gasteiger partial charge in [0.1, 0.15) is 0 Å². The Morgan fingerprint density at radius 3 is 2.65 bits per heavy atom. The predicted molar refractivity (Wildman–Crippen MR) is 77.3 cm³/mol. The van der Waals surface area contributed by atoms with Crippen LogP contribution < -0.4 is 5.32 Å². The highest BCUT2D eigenvalue weighted by Gasteiger charge is 2.38. The number of hydrogen-bond donors (Lipinski definition) is 2. The second kappa shape index (κ2) is 5.20. The van der Waals surface area contributed by atoms with Gasteiger partial charge in [0.25, 0.3) is 5.91 Å². The molecule has 0 bridgehead atoms. The van der Waals surface area contributed by atoms with Gasteiger partial charge in [-0.2, -0.15) is 0 Å². The molecule has 3 rings (SSSR count). The van der Waals surface area contributed by atoms with Gasteiger partial charge in [-0.15, -0.1) is 11.3 Å². The molecule has 5 heteroatoms. The van der Waals surface area contributed by atoms with Gasteiger partial charge in [0.15, 0.2) is 0 Å². The zero-order chi connectivity index (χ0) is 14.2. The van der Waals surface area contributed by atoms with Gasteiger partial charge >= 0.3 is 5.97 Å². The molecule has 4 nitrogen and oxygen atoms in total. The molecule has 0 atom stereocenters. The van der Waals surface area contributed by atoms with Gasteiger partial charge in [-0.25, -0.2) is 0 Å². The van der Waals surface area contributed by atoms with E-state index in [9.17, 15) is 9.59 Å². The Morgan fingerprint density at radius 1 is 1.25 bits per heavy atom. The highest BCUT2D eigenvalue weighted by Crippen LogP contribution is 2.35. The molecule has 0 saturated heterocycles. The Bertz CT molecular complexity index is 522. The van der Waals surface area contributed by atoms with Crippen molar-refractivity contribution >= 4 is 23.2 Å². The van der Waals surface area contributed by atoms with Crippen LogP contribution in [0.4, 0.5) is 0 Å². The first-order valence-electron chi connectivity index (χ1n) is 7.24. The number of carboxylic acid groups (broad SMARTS) is 1. The number of fused-ring (bicyclic) bond motifs is 1. The molecule has 20 heavy (non-hydrogen) atoms. The maximum atomic E-state index is 12.4. The minimum Gasteiger partial charge on any atom is -0.481 e. The molecule has 0 aromatic carbocycles. The summed E-state index contributed by atoms with van der Waals surface area (Å²) in [5.41, 5.74) is 0.774. The highest BCUT2D eigenvalue weighted by molar-refractivity contribution is 7.14. The Labute approximate surface area is 122 Å². The number of hydrogen-bond acceptors (Lipinski definition) is 3. The van der Waals surface area contributed by atoms with Crippen molar-refractivity contribution in [3.8, 4) is 0 Å². The van der Waals surface area contributed by atoms with E-state index in [0.29, 0.717) is 0 Å². The Balaban J connectivity index is 1.74. The predicted octanol–water partition coefficient (Wildman–Crippen LogP) is 2.75. The van der Waals surface area contributed by atoms with E-state index in [0.717, 1.165) is 43.4 Å². The number of carbonyl (C=O) groups is 2. The number of amides is 1. The molecule has 1 aromatic rings. The normalized spacial score (nSPS) is 19.8. The summed E-state index contributed by atoms with van der Waals surface area (Å²) in [4.78, 5) is 25.5. The van der Waals surface area contributed by atoms with E-state index in [1.54, 1.807) is 11.3 Å². The van der Waals surface area contributed by atoms with Crippen LogP contribution >= 0.6 is 11.3 Å². The molecule has 0 unspecified atom stereocenters. The molecule has 0 radical (unpaired) electrons. The van der Waals surface area contributed by atoms with Gasteiger partial charge in [-0.05, 0) is 43.7 Å². The standard InChI is InChI=1S/C15H19NO3S/c17-13(18)9-15(6-1-2-7-15)16-14(19)12-8-10-4-3-5-11(10)20-12/h8H,1-7,9H2,(H,16,19)(H,17,18). The van der Waals surface area contributed by atoms with Crippen LogP contribution in [0.2, 0.25) is 0 Å². The smallest absolute Gasteiger partial charge is 0.305 e. The van der Waals surface area contributed by atoms with Gasteiger partial charge in [0.2, 0.25) is 0 Å². The number of aryl methyl sites for hydroxylation is 2. The van der Waals surface area contributed by atoms with Gasteiger partial charge in [-0.1, -0.05) is 12.8 Å². The van der Waals surface area contributed by atoms with Crippen LogP contribution in [0.5, 0.6) is 0 Å². The molecule has 108 valence electrons. The van der Waals surface area contributed by atoms with E-state index < -0.39 is 11.5 Å². The van der Waals surface area contributed by atoms with E-state index in [2.05, 4.69) is 5.32 Å². The fourth-order valence-electron chi connectivity index (χ4n) is 3.43. The highest BCUT2D eigenvalue weighted by atomic mass is 32.1. The summed E-state index contributed by atoms with van der Waals surface area (Å²) in [6.45, 7) is 0. The van der Waals surface area contributed by atoms with E-state index >= 15 is 0 Å². The van der Waals surface area contributed by atoms with Crippen molar-refractivity contribution in [3.05, 3.63) is 21.4 Å².